The zero-order valence-electron chi connectivity index (χ0n) is 15.7. The van der Waals surface area contributed by atoms with Crippen molar-refractivity contribution in [2.75, 3.05) is 23.3 Å². The molecule has 0 atom stereocenters. The first-order valence-corrected chi connectivity index (χ1v) is 9.41. The third-order valence-electron chi connectivity index (χ3n) is 4.99. The van der Waals surface area contributed by atoms with E-state index in [1.807, 2.05) is 24.3 Å². The Balaban J connectivity index is 1.54. The van der Waals surface area contributed by atoms with Crippen LogP contribution in [0.15, 0.2) is 53.3 Å². The number of nitrogens with one attached hydrogen (secondary N) is 1. The number of fused-ring (bicyclic) bond motifs is 1. The number of aromatic nitrogens is 2. The van der Waals surface area contributed by atoms with Crippen molar-refractivity contribution in [3.05, 3.63) is 64.6 Å². The number of aromatic carboxylic acids is 1. The Morgan fingerprint density at radius 1 is 1.00 bits per heavy atom. The van der Waals surface area contributed by atoms with Gasteiger partial charge in [-0.25, -0.2) is 9.48 Å². The average molecular weight is 392 g/mol. The molecule has 1 aliphatic rings. The van der Waals surface area contributed by atoms with Gasteiger partial charge in [0, 0.05) is 29.9 Å². The van der Waals surface area contributed by atoms with Crippen molar-refractivity contribution in [2.45, 2.75) is 19.4 Å². The number of hydrogen-bond donors (Lipinski definition) is 2. The molecule has 0 unspecified atom stereocenters. The van der Waals surface area contributed by atoms with E-state index in [0.717, 1.165) is 23.5 Å². The third-order valence-corrected chi connectivity index (χ3v) is 4.99. The summed E-state index contributed by atoms with van der Waals surface area (Å²) in [6.45, 7) is 1.69. The molecule has 0 bridgehead atoms. The number of hydrogen-bond acceptors (Lipinski definition) is 5. The first-order valence-electron chi connectivity index (χ1n) is 9.41. The Kier molecular flexibility index (Phi) is 4.99. The number of nitrogens with zero attached hydrogens (tertiary/aromatic N) is 3. The fourth-order valence-corrected chi connectivity index (χ4v) is 3.57. The van der Waals surface area contributed by atoms with Gasteiger partial charge >= 0.3 is 5.97 Å². The van der Waals surface area contributed by atoms with Crippen molar-refractivity contribution in [1.82, 2.24) is 9.78 Å². The van der Waals surface area contributed by atoms with E-state index in [1.54, 1.807) is 12.1 Å². The summed E-state index contributed by atoms with van der Waals surface area (Å²) < 4.78 is 0.889. The van der Waals surface area contributed by atoms with Gasteiger partial charge in [0.25, 0.3) is 5.56 Å². The fraction of sp³-hybridized carbons (Fsp3) is 0.238. The number of carbonyl (C=O) groups excluding carboxylic acids is 1. The largest absolute Gasteiger partial charge is 0.476 e. The highest BCUT2D eigenvalue weighted by Crippen LogP contribution is 2.22. The van der Waals surface area contributed by atoms with Gasteiger partial charge in [-0.2, -0.15) is 5.10 Å². The maximum Gasteiger partial charge on any atom is 0.357 e. The quantitative estimate of drug-likeness (QED) is 0.691. The maximum absolute atomic E-state index is 12.6. The fourth-order valence-electron chi connectivity index (χ4n) is 3.57. The highest BCUT2D eigenvalue weighted by Gasteiger charge is 2.17. The molecule has 0 radical (unpaired) electrons. The van der Waals surface area contributed by atoms with Crippen LogP contribution >= 0.6 is 0 Å². The van der Waals surface area contributed by atoms with Gasteiger partial charge < -0.3 is 15.3 Å². The third kappa shape index (κ3) is 3.82. The van der Waals surface area contributed by atoms with Crippen LogP contribution in [0.4, 0.5) is 11.4 Å². The lowest BCUT2D eigenvalue weighted by Crippen LogP contribution is -2.31. The van der Waals surface area contributed by atoms with Crippen LogP contribution in [-0.4, -0.2) is 39.9 Å². The van der Waals surface area contributed by atoms with Gasteiger partial charge in [0.05, 0.1) is 5.39 Å². The predicted octanol–water partition coefficient (Wildman–Crippen LogP) is 2.33. The molecule has 4 rings (SSSR count). The molecule has 1 aliphatic heterocycles. The van der Waals surface area contributed by atoms with E-state index in [9.17, 15) is 19.5 Å². The second-order valence-corrected chi connectivity index (χ2v) is 6.95. The van der Waals surface area contributed by atoms with E-state index < -0.39 is 17.4 Å². The number of carboxylic acid groups (broad SMARTS) is 1. The van der Waals surface area contributed by atoms with E-state index in [2.05, 4.69) is 15.3 Å². The smallest absolute Gasteiger partial charge is 0.357 e. The normalized spacial score (nSPS) is 13.6. The van der Waals surface area contributed by atoms with Crippen molar-refractivity contribution >= 4 is 34.0 Å². The molecule has 2 N–H and O–H groups in total. The second kappa shape index (κ2) is 7.75. The summed E-state index contributed by atoms with van der Waals surface area (Å²) in [7, 11) is 0. The van der Waals surface area contributed by atoms with E-state index in [-0.39, 0.29) is 23.0 Å². The van der Waals surface area contributed by atoms with Crippen molar-refractivity contribution in [3.8, 4) is 0 Å². The summed E-state index contributed by atoms with van der Waals surface area (Å²) in [5.74, 6) is -1.71. The minimum Gasteiger partial charge on any atom is -0.476 e. The Bertz CT molecular complexity index is 1130. The number of benzene rings is 2. The first-order chi connectivity index (χ1) is 14.0. The molecule has 1 saturated heterocycles. The number of anilines is 2. The van der Waals surface area contributed by atoms with Gasteiger partial charge in [-0.1, -0.05) is 18.2 Å². The van der Waals surface area contributed by atoms with Gasteiger partial charge in [0.15, 0.2) is 5.69 Å². The summed E-state index contributed by atoms with van der Waals surface area (Å²) in [5.41, 5.74) is 0.942. The molecular formula is C21H20N4O4. The van der Waals surface area contributed by atoms with Crippen LogP contribution in [0.1, 0.15) is 23.3 Å². The summed E-state index contributed by atoms with van der Waals surface area (Å²) >= 11 is 0. The van der Waals surface area contributed by atoms with Gasteiger partial charge in [-0.3, -0.25) is 9.59 Å². The van der Waals surface area contributed by atoms with Crippen LogP contribution in [0.25, 0.3) is 10.8 Å². The molecule has 2 aromatic carbocycles. The molecule has 2 heterocycles. The summed E-state index contributed by atoms with van der Waals surface area (Å²) in [6.07, 6.45) is 2.37. The van der Waals surface area contributed by atoms with E-state index in [1.165, 1.54) is 25.0 Å². The van der Waals surface area contributed by atoms with E-state index in [4.69, 9.17) is 0 Å². The minimum atomic E-state index is -1.26. The molecule has 1 aromatic heterocycles. The summed E-state index contributed by atoms with van der Waals surface area (Å²) in [5, 5.41) is 16.5. The number of amides is 1. The topological polar surface area (TPSA) is 105 Å². The van der Waals surface area contributed by atoms with Gasteiger partial charge in [-0.15, -0.1) is 0 Å². The molecule has 3 aromatic rings. The molecule has 0 saturated carbocycles. The van der Waals surface area contributed by atoms with E-state index in [0.29, 0.717) is 5.69 Å². The Labute approximate surface area is 166 Å². The van der Waals surface area contributed by atoms with Crippen LogP contribution < -0.4 is 15.8 Å². The van der Waals surface area contributed by atoms with E-state index >= 15 is 0 Å². The summed E-state index contributed by atoms with van der Waals surface area (Å²) in [6, 6.07) is 13.8. The Hall–Kier alpha value is -3.68. The lowest BCUT2D eigenvalue weighted by Gasteiger charge is -2.17. The zero-order valence-corrected chi connectivity index (χ0v) is 15.7. The minimum absolute atomic E-state index is 0.211. The van der Waals surface area contributed by atoms with Crippen LogP contribution in [0.3, 0.4) is 0 Å². The van der Waals surface area contributed by atoms with Crippen LogP contribution in [-0.2, 0) is 11.3 Å². The standard InChI is InChI=1S/C21H20N4O4/c26-18(22-14-7-9-15(10-8-14)24-11-3-4-12-24)13-25-20(27)17-6-2-1-5-16(17)19(23-25)21(28)29/h1-2,5-10H,3-4,11-13H2,(H,22,26)(H,28,29). The van der Waals surface area contributed by atoms with Crippen LogP contribution in [0, 0.1) is 0 Å². The molecule has 1 fully saturated rings. The van der Waals surface area contributed by atoms with Crippen molar-refractivity contribution in [2.24, 2.45) is 0 Å². The zero-order chi connectivity index (χ0) is 20.4. The molecule has 8 nitrogen and oxygen atoms in total. The highest BCUT2D eigenvalue weighted by atomic mass is 16.4. The predicted molar refractivity (Wildman–Crippen MR) is 109 cm³/mol. The highest BCUT2D eigenvalue weighted by molar-refractivity contribution is 6.01. The number of rotatable bonds is 5. The average Bonchev–Trinajstić information content (AvgIpc) is 3.25. The van der Waals surface area contributed by atoms with Gasteiger partial charge in [-0.05, 0) is 43.2 Å². The van der Waals surface area contributed by atoms with Crippen molar-refractivity contribution < 1.29 is 14.7 Å². The number of carboxylic acids is 1. The monoisotopic (exact) mass is 392 g/mol. The van der Waals surface area contributed by atoms with Crippen molar-refractivity contribution in [1.29, 1.82) is 0 Å². The maximum atomic E-state index is 12.6. The Morgan fingerprint density at radius 2 is 1.66 bits per heavy atom. The lowest BCUT2D eigenvalue weighted by atomic mass is 10.1. The second-order valence-electron chi connectivity index (χ2n) is 6.95. The lowest BCUT2D eigenvalue weighted by molar-refractivity contribution is -0.117. The summed E-state index contributed by atoms with van der Waals surface area (Å²) in [4.78, 5) is 38.8. The molecule has 148 valence electrons. The Morgan fingerprint density at radius 3 is 2.31 bits per heavy atom. The molecule has 0 spiro atoms. The van der Waals surface area contributed by atoms with Crippen LogP contribution in [0.5, 0.6) is 0 Å². The molecule has 29 heavy (non-hydrogen) atoms. The SMILES string of the molecule is O=C(Cn1nc(C(=O)O)c2ccccc2c1=O)Nc1ccc(N2CCCC2)cc1. The van der Waals surface area contributed by atoms with Crippen molar-refractivity contribution in [3.63, 3.8) is 0 Å². The molecule has 1 amide bonds. The molecule has 0 aliphatic carbocycles. The van der Waals surface area contributed by atoms with Gasteiger partial charge in [0.1, 0.15) is 6.54 Å². The van der Waals surface area contributed by atoms with Gasteiger partial charge in [0.2, 0.25) is 5.91 Å². The van der Waals surface area contributed by atoms with Crippen LogP contribution in [0.2, 0.25) is 0 Å². The first kappa shape index (κ1) is 18.7. The number of carbonyl (C=O) groups is 2. The molecular weight excluding hydrogens is 372 g/mol. The molecule has 8 heteroatoms.